The van der Waals surface area contributed by atoms with Crippen LogP contribution in [0.5, 0.6) is 0 Å². The molecule has 0 atom stereocenters. The Morgan fingerprint density at radius 3 is 2.48 bits per heavy atom. The fraction of sp³-hybridized carbons (Fsp3) is 0.500. The molecule has 5 heteroatoms. The highest BCUT2D eigenvalue weighted by Crippen LogP contribution is 2.14. The van der Waals surface area contributed by atoms with Gasteiger partial charge in [-0.15, -0.1) is 0 Å². The number of nitrogens with two attached hydrogens (primary N) is 1. The molecular weight excluding hydrogens is 294 g/mol. The molecule has 0 heterocycles. The van der Waals surface area contributed by atoms with Crippen LogP contribution in [0.3, 0.4) is 0 Å². The third-order valence-corrected chi connectivity index (χ3v) is 3.32. The number of benzene rings is 1. The molecule has 0 radical (unpaired) electrons. The first kappa shape index (κ1) is 20.8. The van der Waals surface area contributed by atoms with Crippen molar-refractivity contribution in [2.24, 2.45) is 0 Å². The number of hydrogen-bond acceptors (Lipinski definition) is 5. The number of rotatable bonds is 8. The van der Waals surface area contributed by atoms with Crippen molar-refractivity contribution < 1.29 is 20.5 Å². The predicted molar refractivity (Wildman–Crippen MR) is 93.5 cm³/mol. The van der Waals surface area contributed by atoms with E-state index in [1.54, 1.807) is 19.1 Å². The van der Waals surface area contributed by atoms with E-state index < -0.39 is 0 Å². The second-order valence-corrected chi connectivity index (χ2v) is 5.17. The number of methoxy groups -OCH3 is 1. The topological polar surface area (TPSA) is 86.5 Å². The van der Waals surface area contributed by atoms with Crippen molar-refractivity contribution in [3.05, 3.63) is 29.3 Å². The summed E-state index contributed by atoms with van der Waals surface area (Å²) in [6.07, 6.45) is 5.43. The molecule has 0 amide bonds. The SMILES string of the molecule is CCc1cc(N)ccc1C(C)=O.COC(=O)CCCCCC=O.[HH]. The highest BCUT2D eigenvalue weighted by atomic mass is 16.5. The van der Waals surface area contributed by atoms with Crippen LogP contribution in [0, 0.1) is 0 Å². The van der Waals surface area contributed by atoms with Crippen molar-refractivity contribution in [1.82, 2.24) is 0 Å². The van der Waals surface area contributed by atoms with Crippen LogP contribution in [0.1, 0.15) is 63.3 Å². The zero-order chi connectivity index (χ0) is 17.7. The number of anilines is 1. The number of hydrogen-bond donors (Lipinski definition) is 1. The molecule has 0 aliphatic carbocycles. The van der Waals surface area contributed by atoms with Gasteiger partial charge in [-0.25, -0.2) is 0 Å². The monoisotopic (exact) mass is 323 g/mol. The predicted octanol–water partition coefficient (Wildman–Crippen LogP) is 3.59. The molecule has 0 unspecified atom stereocenters. The number of carbonyl (C=O) groups excluding carboxylic acids is 3. The van der Waals surface area contributed by atoms with Gasteiger partial charge in [0.05, 0.1) is 7.11 Å². The smallest absolute Gasteiger partial charge is 0.305 e. The molecule has 0 saturated heterocycles. The summed E-state index contributed by atoms with van der Waals surface area (Å²) >= 11 is 0. The Balaban J connectivity index is 0. The molecule has 23 heavy (non-hydrogen) atoms. The lowest BCUT2D eigenvalue weighted by Crippen LogP contribution is -1.99. The fourth-order valence-corrected chi connectivity index (χ4v) is 2.03. The first-order valence-electron chi connectivity index (χ1n) is 7.86. The summed E-state index contributed by atoms with van der Waals surface area (Å²) in [6, 6.07) is 5.41. The molecule has 1 aromatic carbocycles. The summed E-state index contributed by atoms with van der Waals surface area (Å²) in [5, 5.41) is 0. The van der Waals surface area contributed by atoms with Gasteiger partial charge < -0.3 is 15.3 Å². The average molecular weight is 323 g/mol. The maximum Gasteiger partial charge on any atom is 0.305 e. The molecule has 0 aromatic heterocycles. The third-order valence-electron chi connectivity index (χ3n) is 3.32. The van der Waals surface area contributed by atoms with Crippen LogP contribution in [-0.4, -0.2) is 25.1 Å². The van der Waals surface area contributed by atoms with Crippen molar-refractivity contribution >= 4 is 23.7 Å². The van der Waals surface area contributed by atoms with Crippen LogP contribution in [0.4, 0.5) is 5.69 Å². The second kappa shape index (κ2) is 12.4. The summed E-state index contributed by atoms with van der Waals surface area (Å²) in [6.45, 7) is 3.59. The number of aryl methyl sites for hydroxylation is 1. The van der Waals surface area contributed by atoms with Gasteiger partial charge in [-0.1, -0.05) is 13.3 Å². The molecule has 0 saturated carbocycles. The Morgan fingerprint density at radius 2 is 1.96 bits per heavy atom. The van der Waals surface area contributed by atoms with E-state index in [2.05, 4.69) is 4.74 Å². The van der Waals surface area contributed by atoms with E-state index in [-0.39, 0.29) is 13.2 Å². The lowest BCUT2D eigenvalue weighted by molar-refractivity contribution is -0.140. The van der Waals surface area contributed by atoms with Gasteiger partial charge in [-0.05, 0) is 49.9 Å². The van der Waals surface area contributed by atoms with Gasteiger partial charge >= 0.3 is 5.97 Å². The molecule has 5 nitrogen and oxygen atoms in total. The Bertz CT molecular complexity index is 518. The highest BCUT2D eigenvalue weighted by Gasteiger charge is 2.04. The van der Waals surface area contributed by atoms with Crippen LogP contribution < -0.4 is 5.73 Å². The molecule has 0 fully saturated rings. The largest absolute Gasteiger partial charge is 0.469 e. The van der Waals surface area contributed by atoms with E-state index in [9.17, 15) is 14.4 Å². The van der Waals surface area contributed by atoms with E-state index in [4.69, 9.17) is 5.73 Å². The summed E-state index contributed by atoms with van der Waals surface area (Å²) in [5.41, 5.74) is 8.13. The minimum atomic E-state index is -0.170. The number of ether oxygens (including phenoxy) is 1. The average Bonchev–Trinajstić information content (AvgIpc) is 2.54. The lowest BCUT2D eigenvalue weighted by atomic mass is 10.0. The minimum absolute atomic E-state index is 0. The summed E-state index contributed by atoms with van der Waals surface area (Å²) in [4.78, 5) is 31.5. The molecule has 0 aliphatic heterocycles. The van der Waals surface area contributed by atoms with Crippen molar-refractivity contribution in [1.29, 1.82) is 0 Å². The van der Waals surface area contributed by atoms with E-state index in [1.807, 2.05) is 13.0 Å². The summed E-state index contributed by atoms with van der Waals surface area (Å²) in [7, 11) is 1.38. The van der Waals surface area contributed by atoms with Gasteiger partial charge in [0.25, 0.3) is 0 Å². The quantitative estimate of drug-likeness (QED) is 0.260. The molecule has 0 spiro atoms. The molecular formula is C18H29NO4. The number of ketones is 1. The first-order valence-corrected chi connectivity index (χ1v) is 7.86. The number of carbonyl (C=O) groups is 3. The van der Waals surface area contributed by atoms with Crippen LogP contribution >= 0.6 is 0 Å². The standard InChI is InChI=1S/C10H13NO.C8H14O3.H2/c1-3-8-6-9(11)4-5-10(8)7(2)12;1-11-8(10)6-4-2-3-5-7-9;/h4-6H,3,11H2,1-2H3;7H,2-6H2,1H3;1H. The van der Waals surface area contributed by atoms with E-state index in [0.717, 1.165) is 48.8 Å². The van der Waals surface area contributed by atoms with Gasteiger partial charge in [0.1, 0.15) is 6.29 Å². The Kier molecular flexibility index (Phi) is 11.2. The molecule has 130 valence electrons. The van der Waals surface area contributed by atoms with E-state index >= 15 is 0 Å². The number of Topliss-reactive ketones (excluding diaryl/α,β-unsaturated/α-hetero) is 1. The van der Waals surface area contributed by atoms with Gasteiger partial charge in [-0.3, -0.25) is 9.59 Å². The molecule has 0 aliphatic rings. The lowest BCUT2D eigenvalue weighted by Gasteiger charge is -2.04. The molecule has 1 aromatic rings. The van der Waals surface area contributed by atoms with Crippen LogP contribution in [0.25, 0.3) is 0 Å². The molecule has 1 rings (SSSR count). The van der Waals surface area contributed by atoms with Gasteiger partial charge in [0.15, 0.2) is 5.78 Å². The van der Waals surface area contributed by atoms with E-state index in [0.29, 0.717) is 12.8 Å². The van der Waals surface area contributed by atoms with Gasteiger partial charge in [0.2, 0.25) is 0 Å². The zero-order valence-electron chi connectivity index (χ0n) is 14.3. The van der Waals surface area contributed by atoms with Crippen LogP contribution in [-0.2, 0) is 20.7 Å². The van der Waals surface area contributed by atoms with Crippen molar-refractivity contribution in [3.8, 4) is 0 Å². The van der Waals surface area contributed by atoms with Crippen LogP contribution in [0.15, 0.2) is 18.2 Å². The summed E-state index contributed by atoms with van der Waals surface area (Å²) in [5.74, 6) is -0.0667. The minimum Gasteiger partial charge on any atom is -0.469 e. The van der Waals surface area contributed by atoms with Gasteiger partial charge in [-0.2, -0.15) is 0 Å². The maximum absolute atomic E-state index is 11.1. The second-order valence-electron chi connectivity index (χ2n) is 5.17. The van der Waals surface area contributed by atoms with Crippen molar-refractivity contribution in [2.45, 2.75) is 52.4 Å². The summed E-state index contributed by atoms with van der Waals surface area (Å²) < 4.78 is 4.45. The van der Waals surface area contributed by atoms with Crippen molar-refractivity contribution in [3.63, 3.8) is 0 Å². The Hall–Kier alpha value is -2.17. The Labute approximate surface area is 139 Å². The van der Waals surface area contributed by atoms with Crippen molar-refractivity contribution in [2.75, 3.05) is 12.8 Å². The molecule has 2 N–H and O–H groups in total. The number of esters is 1. The molecule has 0 bridgehead atoms. The number of nitrogen functional groups attached to an aromatic ring is 1. The number of aldehydes is 1. The highest BCUT2D eigenvalue weighted by molar-refractivity contribution is 5.95. The Morgan fingerprint density at radius 1 is 1.26 bits per heavy atom. The number of unbranched alkanes of at least 4 members (excludes halogenated alkanes) is 3. The first-order chi connectivity index (χ1) is 11.0. The zero-order valence-corrected chi connectivity index (χ0v) is 14.3. The maximum atomic E-state index is 11.1. The third kappa shape index (κ3) is 9.45. The normalized spacial score (nSPS) is 9.52. The van der Waals surface area contributed by atoms with Crippen LogP contribution in [0.2, 0.25) is 0 Å². The van der Waals surface area contributed by atoms with Gasteiger partial charge in [0, 0.05) is 25.5 Å². The fourth-order valence-electron chi connectivity index (χ4n) is 2.03. The van der Waals surface area contributed by atoms with E-state index in [1.165, 1.54) is 7.11 Å².